The molecule has 5 heteroatoms. The fourth-order valence-electron chi connectivity index (χ4n) is 2.67. The largest absolute Gasteiger partial charge is 0.345 e. The van der Waals surface area contributed by atoms with Crippen molar-refractivity contribution >= 4 is 17.7 Å². The van der Waals surface area contributed by atoms with Crippen molar-refractivity contribution < 1.29 is 0 Å². The van der Waals surface area contributed by atoms with E-state index in [-0.39, 0.29) is 5.54 Å². The van der Waals surface area contributed by atoms with Crippen molar-refractivity contribution in [1.29, 1.82) is 5.26 Å². The van der Waals surface area contributed by atoms with Crippen LogP contribution >= 0.6 is 11.8 Å². The molecule has 0 fully saturated rings. The Morgan fingerprint density at radius 3 is 2.31 bits per heavy atom. The molecule has 1 aromatic heterocycles. The minimum Gasteiger partial charge on any atom is -0.345 e. The van der Waals surface area contributed by atoms with E-state index < -0.39 is 0 Å². The van der Waals surface area contributed by atoms with Gasteiger partial charge in [0.2, 0.25) is 5.95 Å². The molecule has 0 atom stereocenters. The summed E-state index contributed by atoms with van der Waals surface area (Å²) in [6.45, 7) is 4.21. The highest BCUT2D eigenvalue weighted by Crippen LogP contribution is 2.27. The zero-order chi connectivity index (χ0) is 18.6. The average molecular weight is 360 g/mol. The molecule has 0 aliphatic carbocycles. The highest BCUT2D eigenvalue weighted by Gasteiger charge is 2.21. The van der Waals surface area contributed by atoms with Crippen LogP contribution in [0.4, 0.5) is 5.95 Å². The molecule has 0 aliphatic heterocycles. The molecule has 0 unspecified atom stereocenters. The summed E-state index contributed by atoms with van der Waals surface area (Å²) in [6.07, 6.45) is 5.62. The summed E-state index contributed by atoms with van der Waals surface area (Å²) in [6, 6.07) is 18.1. The number of rotatable bonds is 5. The highest BCUT2D eigenvalue weighted by molar-refractivity contribution is 7.98. The van der Waals surface area contributed by atoms with Gasteiger partial charge in [-0.2, -0.15) is 5.26 Å². The number of nitriles is 1. The predicted molar refractivity (Wildman–Crippen MR) is 107 cm³/mol. The van der Waals surface area contributed by atoms with Crippen LogP contribution in [0, 0.1) is 11.3 Å². The van der Waals surface area contributed by atoms with E-state index >= 15 is 0 Å². The van der Waals surface area contributed by atoms with Crippen LogP contribution in [0.3, 0.4) is 0 Å². The van der Waals surface area contributed by atoms with Crippen LogP contribution in [0.15, 0.2) is 65.8 Å². The van der Waals surface area contributed by atoms with Crippen LogP contribution in [0.2, 0.25) is 0 Å². The summed E-state index contributed by atoms with van der Waals surface area (Å²) in [5, 5.41) is 12.4. The lowest BCUT2D eigenvalue weighted by Gasteiger charge is -2.27. The van der Waals surface area contributed by atoms with Crippen LogP contribution < -0.4 is 5.32 Å². The SMILES string of the molecule is CSc1ccc(C(C)(C)Nc2ncc(-c3cccc(C#N)c3)cn2)cc1. The van der Waals surface area contributed by atoms with Gasteiger partial charge in [0.1, 0.15) is 0 Å². The van der Waals surface area contributed by atoms with Gasteiger partial charge >= 0.3 is 0 Å². The third kappa shape index (κ3) is 4.04. The van der Waals surface area contributed by atoms with E-state index in [1.54, 1.807) is 30.2 Å². The summed E-state index contributed by atoms with van der Waals surface area (Å²) in [5.74, 6) is 0.573. The van der Waals surface area contributed by atoms with Gasteiger partial charge in [-0.3, -0.25) is 0 Å². The van der Waals surface area contributed by atoms with Crippen LogP contribution in [-0.2, 0) is 5.54 Å². The third-order valence-corrected chi connectivity index (χ3v) is 4.96. The highest BCUT2D eigenvalue weighted by atomic mass is 32.2. The minimum atomic E-state index is -0.292. The van der Waals surface area contributed by atoms with E-state index in [4.69, 9.17) is 5.26 Å². The molecule has 3 rings (SSSR count). The van der Waals surface area contributed by atoms with Crippen molar-refractivity contribution in [3.05, 3.63) is 72.1 Å². The second-order valence-corrected chi connectivity index (χ2v) is 7.35. The fraction of sp³-hybridized carbons (Fsp3) is 0.190. The minimum absolute atomic E-state index is 0.292. The lowest BCUT2D eigenvalue weighted by Crippen LogP contribution is -2.28. The zero-order valence-electron chi connectivity index (χ0n) is 15.0. The maximum absolute atomic E-state index is 9.03. The van der Waals surface area contributed by atoms with Crippen LogP contribution in [0.25, 0.3) is 11.1 Å². The molecule has 0 aliphatic rings. The van der Waals surface area contributed by atoms with Gasteiger partial charge in [0.05, 0.1) is 17.2 Å². The molecule has 0 bridgehead atoms. The molecule has 130 valence electrons. The molecule has 0 spiro atoms. The maximum atomic E-state index is 9.03. The first-order chi connectivity index (χ1) is 12.5. The van der Waals surface area contributed by atoms with Gasteiger partial charge in [0.25, 0.3) is 0 Å². The van der Waals surface area contributed by atoms with Crippen LogP contribution in [0.1, 0.15) is 25.0 Å². The van der Waals surface area contributed by atoms with Gasteiger partial charge in [-0.1, -0.05) is 24.3 Å². The van der Waals surface area contributed by atoms with Gasteiger partial charge in [0, 0.05) is 22.9 Å². The Morgan fingerprint density at radius 2 is 1.69 bits per heavy atom. The second kappa shape index (κ2) is 7.59. The Bertz CT molecular complexity index is 925. The van der Waals surface area contributed by atoms with Gasteiger partial charge in [-0.25, -0.2) is 9.97 Å². The van der Waals surface area contributed by atoms with E-state index in [0.717, 1.165) is 11.1 Å². The predicted octanol–water partition coefficient (Wildman–Crippen LogP) is 5.08. The summed E-state index contributed by atoms with van der Waals surface area (Å²) in [7, 11) is 0. The standard InChI is InChI=1S/C21H20N4S/c1-21(2,18-7-9-19(26-3)10-8-18)25-20-23-13-17(14-24-20)16-6-4-5-15(11-16)12-22/h4-11,13-14H,1-3H3,(H,23,24,25). The number of benzene rings is 2. The van der Waals surface area contributed by atoms with Crippen molar-refractivity contribution in [1.82, 2.24) is 9.97 Å². The van der Waals surface area contributed by atoms with E-state index in [0.29, 0.717) is 11.5 Å². The number of nitrogens with zero attached hydrogens (tertiary/aromatic N) is 3. The van der Waals surface area contributed by atoms with E-state index in [1.807, 2.05) is 18.2 Å². The fourth-order valence-corrected chi connectivity index (χ4v) is 3.08. The van der Waals surface area contributed by atoms with E-state index in [2.05, 4.69) is 65.7 Å². The molecule has 26 heavy (non-hydrogen) atoms. The first kappa shape index (κ1) is 18.0. The summed E-state index contributed by atoms with van der Waals surface area (Å²) in [4.78, 5) is 10.1. The van der Waals surface area contributed by atoms with Crippen molar-refractivity contribution in [2.75, 3.05) is 11.6 Å². The van der Waals surface area contributed by atoms with Gasteiger partial charge < -0.3 is 5.32 Å². The maximum Gasteiger partial charge on any atom is 0.223 e. The van der Waals surface area contributed by atoms with Crippen LogP contribution in [0.5, 0.6) is 0 Å². The van der Waals surface area contributed by atoms with Crippen molar-refractivity contribution in [2.24, 2.45) is 0 Å². The summed E-state index contributed by atoms with van der Waals surface area (Å²) < 4.78 is 0. The number of nitrogens with one attached hydrogen (secondary N) is 1. The number of aromatic nitrogens is 2. The lowest BCUT2D eigenvalue weighted by atomic mass is 9.94. The Hall–Kier alpha value is -2.84. The van der Waals surface area contributed by atoms with E-state index in [1.165, 1.54) is 10.5 Å². The first-order valence-corrected chi connectivity index (χ1v) is 9.49. The lowest BCUT2D eigenvalue weighted by molar-refractivity contribution is 0.601. The molecule has 0 saturated heterocycles. The molecular weight excluding hydrogens is 340 g/mol. The molecule has 4 nitrogen and oxygen atoms in total. The molecule has 1 heterocycles. The quantitative estimate of drug-likeness (QED) is 0.643. The first-order valence-electron chi connectivity index (χ1n) is 8.27. The number of anilines is 1. The Labute approximate surface area is 158 Å². The van der Waals surface area contributed by atoms with Gasteiger partial charge in [-0.15, -0.1) is 11.8 Å². The van der Waals surface area contributed by atoms with Crippen LogP contribution in [-0.4, -0.2) is 16.2 Å². The number of hydrogen-bond acceptors (Lipinski definition) is 5. The van der Waals surface area contributed by atoms with Crippen molar-refractivity contribution in [3.8, 4) is 17.2 Å². The molecule has 0 saturated carbocycles. The van der Waals surface area contributed by atoms with Crippen molar-refractivity contribution in [2.45, 2.75) is 24.3 Å². The Morgan fingerprint density at radius 1 is 1.00 bits per heavy atom. The van der Waals surface area contributed by atoms with Gasteiger partial charge in [-0.05, 0) is 55.5 Å². The van der Waals surface area contributed by atoms with Gasteiger partial charge in [0.15, 0.2) is 0 Å². The average Bonchev–Trinajstić information content (AvgIpc) is 2.68. The summed E-state index contributed by atoms with van der Waals surface area (Å²) >= 11 is 1.73. The molecular formula is C21H20N4S. The molecule has 3 aromatic rings. The number of thioether (sulfide) groups is 1. The normalized spacial score (nSPS) is 11.0. The molecule has 0 radical (unpaired) electrons. The monoisotopic (exact) mass is 360 g/mol. The number of hydrogen-bond donors (Lipinski definition) is 1. The second-order valence-electron chi connectivity index (χ2n) is 6.47. The Balaban J connectivity index is 1.78. The third-order valence-electron chi connectivity index (χ3n) is 4.21. The molecule has 1 N–H and O–H groups in total. The molecule has 2 aromatic carbocycles. The van der Waals surface area contributed by atoms with E-state index in [9.17, 15) is 0 Å². The topological polar surface area (TPSA) is 61.6 Å². The van der Waals surface area contributed by atoms with Crippen molar-refractivity contribution in [3.63, 3.8) is 0 Å². The smallest absolute Gasteiger partial charge is 0.223 e. The zero-order valence-corrected chi connectivity index (χ0v) is 15.8. The molecule has 0 amide bonds. The summed E-state index contributed by atoms with van der Waals surface area (Å²) in [5.41, 5.74) is 3.32. The Kier molecular flexibility index (Phi) is 5.24.